The Hall–Kier alpha value is -2.82. The molecule has 0 fully saturated rings. The molecule has 2 aromatic rings. The van der Waals surface area contributed by atoms with Gasteiger partial charge in [-0.1, -0.05) is 49.4 Å². The first-order valence-corrected chi connectivity index (χ1v) is 9.61. The van der Waals surface area contributed by atoms with E-state index in [-0.39, 0.29) is 11.9 Å². The van der Waals surface area contributed by atoms with E-state index in [0.29, 0.717) is 13.0 Å². The first-order chi connectivity index (χ1) is 13.1. The highest BCUT2D eigenvalue weighted by Crippen LogP contribution is 2.13. The number of carbonyl (C=O) groups excluding carboxylic acids is 1. The maximum absolute atomic E-state index is 11.8. The zero-order valence-electron chi connectivity index (χ0n) is 16.5. The molecule has 0 aliphatic heterocycles. The Labute approximate surface area is 162 Å². The molecule has 5 nitrogen and oxygen atoms in total. The Balaban J connectivity index is 2.02. The molecular weight excluding hydrogens is 336 g/mol. The first kappa shape index (κ1) is 20.5. The van der Waals surface area contributed by atoms with Gasteiger partial charge in [0.05, 0.1) is 12.6 Å². The molecule has 2 aromatic carbocycles. The number of nitrogens with one attached hydrogen (secondary N) is 3. The van der Waals surface area contributed by atoms with Crippen LogP contribution in [0.15, 0.2) is 59.6 Å². The van der Waals surface area contributed by atoms with Crippen LogP contribution in [0.3, 0.4) is 0 Å². The van der Waals surface area contributed by atoms with Gasteiger partial charge in [0.15, 0.2) is 5.96 Å². The van der Waals surface area contributed by atoms with Crippen LogP contribution in [-0.2, 0) is 11.3 Å². The van der Waals surface area contributed by atoms with Crippen LogP contribution >= 0.6 is 0 Å². The van der Waals surface area contributed by atoms with E-state index in [1.165, 1.54) is 5.56 Å². The summed E-state index contributed by atoms with van der Waals surface area (Å²) in [5.74, 6) is 0.819. The van der Waals surface area contributed by atoms with Gasteiger partial charge in [0.2, 0.25) is 5.91 Å². The van der Waals surface area contributed by atoms with Crippen LogP contribution in [0.25, 0.3) is 0 Å². The summed E-state index contributed by atoms with van der Waals surface area (Å²) in [7, 11) is 0. The zero-order valence-corrected chi connectivity index (χ0v) is 16.5. The van der Waals surface area contributed by atoms with Crippen molar-refractivity contribution in [3.05, 3.63) is 65.7 Å². The van der Waals surface area contributed by atoms with Crippen molar-refractivity contribution >= 4 is 17.6 Å². The number of hydrogen-bond donors (Lipinski definition) is 3. The summed E-state index contributed by atoms with van der Waals surface area (Å²) < 4.78 is 0. The number of hydrogen-bond acceptors (Lipinski definition) is 2. The zero-order chi connectivity index (χ0) is 19.5. The third-order valence-electron chi connectivity index (χ3n) is 4.10. The normalized spacial score (nSPS) is 12.3. The summed E-state index contributed by atoms with van der Waals surface area (Å²) in [6.45, 7) is 7.49. The number of carbonyl (C=O) groups is 1. The van der Waals surface area contributed by atoms with Gasteiger partial charge < -0.3 is 16.0 Å². The Morgan fingerprint density at radius 3 is 2.56 bits per heavy atom. The SMILES string of the molecule is CCCC(=O)Nc1cccc(CN=C(NCC)NC(C)c2ccccc2)c1. The summed E-state index contributed by atoms with van der Waals surface area (Å²) in [6.07, 6.45) is 1.38. The number of rotatable bonds is 8. The van der Waals surface area contributed by atoms with E-state index >= 15 is 0 Å². The second-order valence-corrected chi connectivity index (χ2v) is 6.47. The summed E-state index contributed by atoms with van der Waals surface area (Å²) in [6, 6.07) is 18.3. The summed E-state index contributed by atoms with van der Waals surface area (Å²) in [5.41, 5.74) is 3.08. The number of anilines is 1. The van der Waals surface area contributed by atoms with E-state index in [9.17, 15) is 4.79 Å². The van der Waals surface area contributed by atoms with Crippen molar-refractivity contribution in [2.75, 3.05) is 11.9 Å². The molecule has 0 spiro atoms. The molecule has 0 aliphatic rings. The van der Waals surface area contributed by atoms with Crippen LogP contribution < -0.4 is 16.0 Å². The van der Waals surface area contributed by atoms with Crippen molar-refractivity contribution < 1.29 is 4.79 Å². The van der Waals surface area contributed by atoms with Gasteiger partial charge in [0, 0.05) is 18.7 Å². The maximum Gasteiger partial charge on any atom is 0.224 e. The Morgan fingerprint density at radius 1 is 1.07 bits per heavy atom. The first-order valence-electron chi connectivity index (χ1n) is 9.61. The molecule has 1 atom stereocenters. The van der Waals surface area contributed by atoms with E-state index in [0.717, 1.165) is 30.2 Å². The van der Waals surface area contributed by atoms with Gasteiger partial charge in [-0.25, -0.2) is 4.99 Å². The molecule has 0 bridgehead atoms. The third-order valence-corrected chi connectivity index (χ3v) is 4.10. The number of guanidine groups is 1. The molecule has 3 N–H and O–H groups in total. The number of nitrogens with zero attached hydrogens (tertiary/aromatic N) is 1. The van der Waals surface area contributed by atoms with Gasteiger partial charge >= 0.3 is 0 Å². The average molecular weight is 367 g/mol. The fourth-order valence-electron chi connectivity index (χ4n) is 2.72. The van der Waals surface area contributed by atoms with Gasteiger partial charge in [0.1, 0.15) is 0 Å². The fraction of sp³-hybridized carbons (Fsp3) is 0.364. The lowest BCUT2D eigenvalue weighted by molar-refractivity contribution is -0.116. The highest BCUT2D eigenvalue weighted by molar-refractivity contribution is 5.90. The number of amides is 1. The van der Waals surface area contributed by atoms with E-state index in [1.807, 2.05) is 56.3 Å². The largest absolute Gasteiger partial charge is 0.357 e. The Kier molecular flexibility index (Phi) is 8.36. The molecule has 0 heterocycles. The average Bonchev–Trinajstić information content (AvgIpc) is 2.67. The van der Waals surface area contributed by atoms with E-state index in [1.54, 1.807) is 0 Å². The van der Waals surface area contributed by atoms with Crippen molar-refractivity contribution in [3.63, 3.8) is 0 Å². The summed E-state index contributed by atoms with van der Waals surface area (Å²) in [4.78, 5) is 16.5. The second-order valence-electron chi connectivity index (χ2n) is 6.47. The van der Waals surface area contributed by atoms with Crippen LogP contribution in [0.4, 0.5) is 5.69 Å². The molecule has 1 unspecified atom stereocenters. The third kappa shape index (κ3) is 7.13. The van der Waals surface area contributed by atoms with Crippen molar-refractivity contribution in [2.24, 2.45) is 4.99 Å². The summed E-state index contributed by atoms with van der Waals surface area (Å²) >= 11 is 0. The van der Waals surface area contributed by atoms with Crippen molar-refractivity contribution in [2.45, 2.75) is 46.2 Å². The fourth-order valence-corrected chi connectivity index (χ4v) is 2.72. The predicted octanol–water partition coefficient (Wildman–Crippen LogP) is 4.24. The minimum Gasteiger partial charge on any atom is -0.357 e. The molecule has 0 radical (unpaired) electrons. The van der Waals surface area contributed by atoms with Gasteiger partial charge in [-0.15, -0.1) is 0 Å². The van der Waals surface area contributed by atoms with Gasteiger partial charge in [-0.2, -0.15) is 0 Å². The van der Waals surface area contributed by atoms with Crippen LogP contribution in [0.5, 0.6) is 0 Å². The van der Waals surface area contributed by atoms with E-state index in [2.05, 4.69) is 40.0 Å². The van der Waals surface area contributed by atoms with Gasteiger partial charge in [-0.3, -0.25) is 4.79 Å². The molecule has 1 amide bonds. The van der Waals surface area contributed by atoms with Gasteiger partial charge in [-0.05, 0) is 43.5 Å². The standard InChI is InChI=1S/C22H30N4O/c1-4-10-21(27)26-20-14-9-11-18(15-20)16-24-22(23-5-2)25-17(3)19-12-7-6-8-13-19/h6-9,11-15,17H,4-5,10,16H2,1-3H3,(H,26,27)(H2,23,24,25). The number of aliphatic imine (C=N–C) groups is 1. The molecule has 0 aliphatic carbocycles. The van der Waals surface area contributed by atoms with E-state index in [4.69, 9.17) is 0 Å². The number of benzene rings is 2. The highest BCUT2D eigenvalue weighted by Gasteiger charge is 2.07. The van der Waals surface area contributed by atoms with Crippen LogP contribution in [-0.4, -0.2) is 18.4 Å². The summed E-state index contributed by atoms with van der Waals surface area (Å²) in [5, 5.41) is 9.65. The van der Waals surface area contributed by atoms with Gasteiger partial charge in [0.25, 0.3) is 0 Å². The van der Waals surface area contributed by atoms with Crippen LogP contribution in [0, 0.1) is 0 Å². The molecule has 0 aromatic heterocycles. The topological polar surface area (TPSA) is 65.5 Å². The molecular formula is C22H30N4O. The second kappa shape index (κ2) is 11.0. The molecule has 5 heteroatoms. The minimum atomic E-state index is 0.0462. The van der Waals surface area contributed by atoms with Crippen molar-refractivity contribution in [1.82, 2.24) is 10.6 Å². The molecule has 2 rings (SSSR count). The molecule has 0 saturated carbocycles. The van der Waals surface area contributed by atoms with Crippen LogP contribution in [0.2, 0.25) is 0 Å². The van der Waals surface area contributed by atoms with Crippen LogP contribution in [0.1, 0.15) is 50.8 Å². The smallest absolute Gasteiger partial charge is 0.224 e. The lowest BCUT2D eigenvalue weighted by Crippen LogP contribution is -2.38. The monoisotopic (exact) mass is 366 g/mol. The lowest BCUT2D eigenvalue weighted by atomic mass is 10.1. The predicted molar refractivity (Wildman–Crippen MR) is 113 cm³/mol. The molecule has 144 valence electrons. The highest BCUT2D eigenvalue weighted by atomic mass is 16.1. The van der Waals surface area contributed by atoms with Crippen molar-refractivity contribution in [3.8, 4) is 0 Å². The minimum absolute atomic E-state index is 0.0462. The van der Waals surface area contributed by atoms with Crippen molar-refractivity contribution in [1.29, 1.82) is 0 Å². The van der Waals surface area contributed by atoms with E-state index < -0.39 is 0 Å². The lowest BCUT2D eigenvalue weighted by Gasteiger charge is -2.18. The molecule has 27 heavy (non-hydrogen) atoms. The molecule has 0 saturated heterocycles. The quantitative estimate of drug-likeness (QED) is 0.483. The Morgan fingerprint density at radius 2 is 1.85 bits per heavy atom. The maximum atomic E-state index is 11.8. The Bertz CT molecular complexity index is 743.